The largest absolute Gasteiger partial charge is 0.495 e. The molecule has 0 spiro atoms. The van der Waals surface area contributed by atoms with E-state index in [0.717, 1.165) is 11.4 Å². The zero-order valence-electron chi connectivity index (χ0n) is 16.2. The Morgan fingerprint density at radius 1 is 1.07 bits per heavy atom. The molecule has 0 bridgehead atoms. The molecule has 0 aliphatic carbocycles. The van der Waals surface area contributed by atoms with Gasteiger partial charge in [0.2, 0.25) is 15.9 Å². The van der Waals surface area contributed by atoms with E-state index in [9.17, 15) is 13.2 Å². The first-order valence-corrected chi connectivity index (χ1v) is 11.2. The molecule has 1 N–H and O–H groups in total. The van der Waals surface area contributed by atoms with Gasteiger partial charge in [0.05, 0.1) is 17.7 Å². The van der Waals surface area contributed by atoms with Crippen molar-refractivity contribution >= 4 is 33.2 Å². The lowest BCUT2D eigenvalue weighted by molar-refractivity contribution is -0.131. The van der Waals surface area contributed by atoms with Crippen LogP contribution in [0.4, 0.5) is 5.69 Å². The van der Waals surface area contributed by atoms with Crippen LogP contribution in [0.25, 0.3) is 0 Å². The molecule has 0 saturated carbocycles. The zero-order chi connectivity index (χ0) is 20.9. The minimum atomic E-state index is -3.66. The average Bonchev–Trinajstić information content (AvgIpc) is 2.74. The summed E-state index contributed by atoms with van der Waals surface area (Å²) in [6.45, 7) is 2.61. The van der Waals surface area contributed by atoms with Crippen molar-refractivity contribution in [3.8, 4) is 5.75 Å². The maximum Gasteiger partial charge on any atom is 0.240 e. The number of nitrogens with zero attached hydrogens (tertiary/aromatic N) is 2. The summed E-state index contributed by atoms with van der Waals surface area (Å²) in [6.07, 6.45) is 0.113. The summed E-state index contributed by atoms with van der Waals surface area (Å²) in [7, 11) is -2.01. The van der Waals surface area contributed by atoms with Crippen LogP contribution < -0.4 is 14.4 Å². The van der Waals surface area contributed by atoms with E-state index in [1.54, 1.807) is 12.0 Å². The van der Waals surface area contributed by atoms with Gasteiger partial charge in [0.15, 0.2) is 0 Å². The van der Waals surface area contributed by atoms with Crippen LogP contribution in [-0.2, 0) is 14.8 Å². The number of amides is 1. The molecule has 1 aliphatic heterocycles. The van der Waals surface area contributed by atoms with Crippen LogP contribution in [0.3, 0.4) is 0 Å². The number of halogens is 1. The summed E-state index contributed by atoms with van der Waals surface area (Å²) in [4.78, 5) is 16.5. The van der Waals surface area contributed by atoms with Gasteiger partial charge in [-0.1, -0.05) is 23.7 Å². The zero-order valence-corrected chi connectivity index (χ0v) is 17.7. The number of methoxy groups -OCH3 is 1. The molecule has 1 saturated heterocycles. The Balaban J connectivity index is 1.48. The Morgan fingerprint density at radius 3 is 2.38 bits per heavy atom. The highest BCUT2D eigenvalue weighted by molar-refractivity contribution is 7.89. The molecular formula is C20H24ClN3O4S. The number of hydrogen-bond donors (Lipinski definition) is 1. The highest BCUT2D eigenvalue weighted by Gasteiger charge is 2.23. The SMILES string of the molecule is COc1ccccc1N1CCN(C(=O)CCNS(=O)(=O)c2ccc(Cl)cc2)CC1. The molecule has 0 atom stereocenters. The third-order valence-electron chi connectivity index (χ3n) is 4.81. The Morgan fingerprint density at radius 2 is 1.72 bits per heavy atom. The monoisotopic (exact) mass is 437 g/mol. The van der Waals surface area contributed by atoms with Crippen LogP contribution in [0.2, 0.25) is 5.02 Å². The van der Waals surface area contributed by atoms with Crippen LogP contribution in [-0.4, -0.2) is 59.1 Å². The highest BCUT2D eigenvalue weighted by Crippen LogP contribution is 2.28. The van der Waals surface area contributed by atoms with Gasteiger partial charge in [0.25, 0.3) is 0 Å². The second-order valence-corrected chi connectivity index (χ2v) is 8.84. The molecule has 1 amide bonds. The van der Waals surface area contributed by atoms with Gasteiger partial charge in [-0.05, 0) is 36.4 Å². The Hall–Kier alpha value is -2.29. The fraction of sp³-hybridized carbons (Fsp3) is 0.350. The van der Waals surface area contributed by atoms with Crippen LogP contribution in [0, 0.1) is 0 Å². The molecule has 1 fully saturated rings. The summed E-state index contributed by atoms with van der Waals surface area (Å²) in [5.74, 6) is 0.743. The van der Waals surface area contributed by atoms with Crippen LogP contribution in [0.1, 0.15) is 6.42 Å². The van der Waals surface area contributed by atoms with Gasteiger partial charge in [0, 0.05) is 44.2 Å². The normalized spacial score (nSPS) is 14.7. The van der Waals surface area contributed by atoms with Gasteiger partial charge in [-0.3, -0.25) is 4.79 Å². The Labute approximate surface area is 176 Å². The number of anilines is 1. The van der Waals surface area contributed by atoms with Crippen LogP contribution >= 0.6 is 11.6 Å². The first-order valence-electron chi connectivity index (χ1n) is 9.32. The molecule has 156 valence electrons. The molecule has 2 aromatic rings. The van der Waals surface area contributed by atoms with Gasteiger partial charge < -0.3 is 14.5 Å². The maximum atomic E-state index is 12.5. The van der Waals surface area contributed by atoms with E-state index in [1.165, 1.54) is 24.3 Å². The fourth-order valence-electron chi connectivity index (χ4n) is 3.24. The summed E-state index contributed by atoms with van der Waals surface area (Å²) < 4.78 is 32.4. The summed E-state index contributed by atoms with van der Waals surface area (Å²) in [6, 6.07) is 13.7. The van der Waals surface area contributed by atoms with E-state index >= 15 is 0 Å². The molecule has 1 heterocycles. The van der Waals surface area contributed by atoms with Gasteiger partial charge in [-0.2, -0.15) is 0 Å². The molecule has 9 heteroatoms. The van der Waals surface area contributed by atoms with E-state index in [1.807, 2.05) is 24.3 Å². The van der Waals surface area contributed by atoms with E-state index in [0.29, 0.717) is 31.2 Å². The molecule has 1 aliphatic rings. The molecule has 0 unspecified atom stereocenters. The number of carbonyl (C=O) groups excluding carboxylic acids is 1. The minimum absolute atomic E-state index is 0.0521. The van der Waals surface area contributed by atoms with Gasteiger partial charge in [-0.25, -0.2) is 13.1 Å². The maximum absolute atomic E-state index is 12.5. The number of sulfonamides is 1. The van der Waals surface area contributed by atoms with Gasteiger partial charge >= 0.3 is 0 Å². The Kier molecular flexibility index (Phi) is 7.00. The van der Waals surface area contributed by atoms with E-state index < -0.39 is 10.0 Å². The molecule has 2 aromatic carbocycles. The lowest BCUT2D eigenvalue weighted by Gasteiger charge is -2.36. The van der Waals surface area contributed by atoms with Crippen molar-refractivity contribution in [1.29, 1.82) is 0 Å². The standard InChI is InChI=1S/C20H24ClN3O4S/c1-28-19-5-3-2-4-18(19)23-12-14-24(15-13-23)20(25)10-11-22-29(26,27)17-8-6-16(21)7-9-17/h2-9,22H,10-15H2,1H3. The predicted octanol–water partition coefficient (Wildman–Crippen LogP) is 2.37. The molecule has 0 radical (unpaired) electrons. The topological polar surface area (TPSA) is 79.0 Å². The first-order chi connectivity index (χ1) is 13.9. The molecule has 29 heavy (non-hydrogen) atoms. The third kappa shape index (κ3) is 5.41. The molecular weight excluding hydrogens is 414 g/mol. The van der Waals surface area contributed by atoms with Gasteiger partial charge in [-0.15, -0.1) is 0 Å². The van der Waals surface area contributed by atoms with Crippen molar-refractivity contribution in [3.05, 3.63) is 53.6 Å². The fourth-order valence-corrected chi connectivity index (χ4v) is 4.39. The van der Waals surface area contributed by atoms with Crippen molar-refractivity contribution in [2.75, 3.05) is 44.7 Å². The minimum Gasteiger partial charge on any atom is -0.495 e. The number of carbonyl (C=O) groups is 1. The summed E-state index contributed by atoms with van der Waals surface area (Å²) in [5, 5.41) is 0.464. The molecule has 0 aromatic heterocycles. The number of piperazine rings is 1. The lowest BCUT2D eigenvalue weighted by Crippen LogP contribution is -2.49. The van der Waals surface area contributed by atoms with Gasteiger partial charge in [0.1, 0.15) is 5.75 Å². The summed E-state index contributed by atoms with van der Waals surface area (Å²) in [5.41, 5.74) is 1.01. The molecule has 7 nitrogen and oxygen atoms in total. The number of ether oxygens (including phenoxy) is 1. The lowest BCUT2D eigenvalue weighted by atomic mass is 10.2. The second kappa shape index (κ2) is 9.47. The van der Waals surface area contributed by atoms with Crippen molar-refractivity contribution in [1.82, 2.24) is 9.62 Å². The van der Waals surface area contributed by atoms with Crippen molar-refractivity contribution in [3.63, 3.8) is 0 Å². The van der Waals surface area contributed by atoms with Crippen LogP contribution in [0.15, 0.2) is 53.4 Å². The number of nitrogens with one attached hydrogen (secondary N) is 1. The van der Waals surface area contributed by atoms with E-state index in [4.69, 9.17) is 16.3 Å². The summed E-state index contributed by atoms with van der Waals surface area (Å²) >= 11 is 5.78. The van der Waals surface area contributed by atoms with Crippen molar-refractivity contribution in [2.24, 2.45) is 0 Å². The number of hydrogen-bond acceptors (Lipinski definition) is 5. The van der Waals surface area contributed by atoms with Crippen molar-refractivity contribution < 1.29 is 17.9 Å². The number of benzene rings is 2. The number of rotatable bonds is 7. The number of para-hydroxylation sites is 2. The highest BCUT2D eigenvalue weighted by atomic mass is 35.5. The van der Waals surface area contributed by atoms with E-state index in [-0.39, 0.29) is 23.8 Å². The smallest absolute Gasteiger partial charge is 0.240 e. The van der Waals surface area contributed by atoms with E-state index in [2.05, 4.69) is 9.62 Å². The Bertz CT molecular complexity index is 942. The predicted molar refractivity (Wildman–Crippen MR) is 113 cm³/mol. The van der Waals surface area contributed by atoms with Crippen LogP contribution in [0.5, 0.6) is 5.75 Å². The first kappa shape index (κ1) is 21.4. The molecule has 3 rings (SSSR count). The van der Waals surface area contributed by atoms with Crippen molar-refractivity contribution in [2.45, 2.75) is 11.3 Å². The average molecular weight is 438 g/mol. The quantitative estimate of drug-likeness (QED) is 0.719. The second-order valence-electron chi connectivity index (χ2n) is 6.64. The third-order valence-corrected chi connectivity index (χ3v) is 6.54.